The Bertz CT molecular complexity index is 155. The van der Waals surface area contributed by atoms with Crippen LogP contribution in [0.3, 0.4) is 0 Å². The molecule has 1 fully saturated rings. The van der Waals surface area contributed by atoms with Crippen LogP contribution in [0.15, 0.2) is 0 Å². The van der Waals surface area contributed by atoms with Crippen LogP contribution in [0.2, 0.25) is 0 Å². The van der Waals surface area contributed by atoms with Gasteiger partial charge in [-0.05, 0) is 32.1 Å². The number of methoxy groups -OCH3 is 1. The molecule has 1 N–H and O–H groups in total. The van der Waals surface area contributed by atoms with E-state index in [1.165, 1.54) is 32.1 Å². The molecule has 0 amide bonds. The third-order valence-corrected chi connectivity index (χ3v) is 3.72. The summed E-state index contributed by atoms with van der Waals surface area (Å²) in [6.07, 6.45) is 8.29. The van der Waals surface area contributed by atoms with Crippen LogP contribution in [0, 0.1) is 5.92 Å². The second-order valence-electron chi connectivity index (χ2n) is 4.91. The van der Waals surface area contributed by atoms with Gasteiger partial charge in [0.25, 0.3) is 0 Å². The van der Waals surface area contributed by atoms with E-state index in [-0.39, 0.29) is 0 Å². The van der Waals surface area contributed by atoms with Crippen LogP contribution < -0.4 is 5.32 Å². The molecule has 1 aliphatic carbocycles. The van der Waals surface area contributed by atoms with E-state index in [2.05, 4.69) is 19.2 Å². The fraction of sp³-hybridized carbons (Fsp3) is 1.00. The molecule has 90 valence electrons. The lowest BCUT2D eigenvalue weighted by Crippen LogP contribution is -2.43. The lowest BCUT2D eigenvalue weighted by molar-refractivity contribution is 0.148. The highest BCUT2D eigenvalue weighted by Crippen LogP contribution is 2.26. The maximum Gasteiger partial charge on any atom is 0.0615 e. The largest absolute Gasteiger partial charge is 0.383 e. The molecule has 2 nitrogen and oxygen atoms in total. The fourth-order valence-corrected chi connectivity index (χ4v) is 2.63. The van der Waals surface area contributed by atoms with Crippen LogP contribution in [0.4, 0.5) is 0 Å². The van der Waals surface area contributed by atoms with Crippen molar-refractivity contribution in [2.45, 2.75) is 64.5 Å². The van der Waals surface area contributed by atoms with Gasteiger partial charge in [-0.25, -0.2) is 0 Å². The van der Waals surface area contributed by atoms with Gasteiger partial charge < -0.3 is 10.1 Å². The highest BCUT2D eigenvalue weighted by molar-refractivity contribution is 4.79. The number of rotatable bonds is 6. The van der Waals surface area contributed by atoms with E-state index in [4.69, 9.17) is 4.74 Å². The lowest BCUT2D eigenvalue weighted by Gasteiger charge is -2.31. The predicted octanol–water partition coefficient (Wildman–Crippen LogP) is 2.97. The summed E-state index contributed by atoms with van der Waals surface area (Å²) in [6.45, 7) is 5.41. The minimum Gasteiger partial charge on any atom is -0.383 e. The van der Waals surface area contributed by atoms with E-state index in [0.717, 1.165) is 18.9 Å². The molecule has 1 unspecified atom stereocenters. The first-order valence-electron chi connectivity index (χ1n) is 6.53. The zero-order chi connectivity index (χ0) is 11.1. The van der Waals surface area contributed by atoms with Gasteiger partial charge in [0.2, 0.25) is 0 Å². The maximum absolute atomic E-state index is 5.22. The molecular weight excluding hydrogens is 186 g/mol. The van der Waals surface area contributed by atoms with Crippen LogP contribution in [0.25, 0.3) is 0 Å². The summed E-state index contributed by atoms with van der Waals surface area (Å²) in [5.41, 5.74) is 0. The normalized spacial score (nSPS) is 22.6. The molecule has 0 heterocycles. The Labute approximate surface area is 94.8 Å². The highest BCUT2D eigenvalue weighted by Gasteiger charge is 2.21. The molecule has 0 bridgehead atoms. The molecule has 2 atom stereocenters. The Morgan fingerprint density at radius 3 is 2.47 bits per heavy atom. The van der Waals surface area contributed by atoms with Crippen molar-refractivity contribution in [3.63, 3.8) is 0 Å². The van der Waals surface area contributed by atoms with E-state index >= 15 is 0 Å². The maximum atomic E-state index is 5.22. The van der Waals surface area contributed by atoms with Gasteiger partial charge >= 0.3 is 0 Å². The first-order valence-corrected chi connectivity index (χ1v) is 6.53. The van der Waals surface area contributed by atoms with E-state index in [9.17, 15) is 0 Å². The number of hydrogen-bond donors (Lipinski definition) is 1. The Hall–Kier alpha value is -0.0800. The van der Waals surface area contributed by atoms with Gasteiger partial charge in [-0.3, -0.25) is 0 Å². The fourth-order valence-electron chi connectivity index (χ4n) is 2.63. The van der Waals surface area contributed by atoms with Crippen LogP contribution in [-0.2, 0) is 4.74 Å². The monoisotopic (exact) mass is 213 g/mol. The van der Waals surface area contributed by atoms with Crippen LogP contribution in [0.5, 0.6) is 0 Å². The van der Waals surface area contributed by atoms with Crippen LogP contribution in [-0.4, -0.2) is 25.8 Å². The highest BCUT2D eigenvalue weighted by atomic mass is 16.5. The summed E-state index contributed by atoms with van der Waals surface area (Å²) in [6, 6.07) is 1.19. The quantitative estimate of drug-likeness (QED) is 0.732. The Balaban J connectivity index is 2.28. The summed E-state index contributed by atoms with van der Waals surface area (Å²) in [4.78, 5) is 0. The average molecular weight is 213 g/mol. The summed E-state index contributed by atoms with van der Waals surface area (Å²) in [5, 5.41) is 3.71. The van der Waals surface area contributed by atoms with Gasteiger partial charge in [0.05, 0.1) is 6.61 Å². The Morgan fingerprint density at radius 1 is 1.27 bits per heavy atom. The van der Waals surface area contributed by atoms with Gasteiger partial charge in [0, 0.05) is 19.2 Å². The molecule has 0 aromatic rings. The van der Waals surface area contributed by atoms with E-state index in [0.29, 0.717) is 12.1 Å². The number of hydrogen-bond acceptors (Lipinski definition) is 2. The molecule has 1 saturated carbocycles. The molecule has 0 aliphatic heterocycles. The first kappa shape index (κ1) is 13.0. The van der Waals surface area contributed by atoms with Gasteiger partial charge in [0.15, 0.2) is 0 Å². The zero-order valence-corrected chi connectivity index (χ0v) is 10.6. The van der Waals surface area contributed by atoms with Gasteiger partial charge in [-0.2, -0.15) is 0 Å². The third-order valence-electron chi connectivity index (χ3n) is 3.72. The standard InChI is InChI=1S/C13H27NO/c1-4-13(10-15-3)14-11(2)12-8-6-5-7-9-12/h11-14H,4-10H2,1-3H3/t11-,13?/m1/s1. The predicted molar refractivity (Wildman–Crippen MR) is 65.1 cm³/mol. The molecule has 15 heavy (non-hydrogen) atoms. The second-order valence-corrected chi connectivity index (χ2v) is 4.91. The molecular formula is C13H27NO. The molecule has 0 aromatic heterocycles. The smallest absolute Gasteiger partial charge is 0.0615 e. The van der Waals surface area contributed by atoms with Crippen molar-refractivity contribution >= 4 is 0 Å². The van der Waals surface area contributed by atoms with Crippen molar-refractivity contribution in [3.05, 3.63) is 0 Å². The molecule has 0 aromatic carbocycles. The minimum atomic E-state index is 0.534. The van der Waals surface area contributed by atoms with Crippen molar-refractivity contribution in [1.29, 1.82) is 0 Å². The number of nitrogens with one attached hydrogen (secondary N) is 1. The van der Waals surface area contributed by atoms with Crippen LogP contribution >= 0.6 is 0 Å². The summed E-state index contributed by atoms with van der Waals surface area (Å²) >= 11 is 0. The van der Waals surface area contributed by atoms with Gasteiger partial charge in [-0.1, -0.05) is 26.2 Å². The molecule has 0 spiro atoms. The molecule has 0 saturated heterocycles. The average Bonchev–Trinajstić information content (AvgIpc) is 2.29. The summed E-state index contributed by atoms with van der Waals surface area (Å²) in [5.74, 6) is 0.893. The molecule has 0 radical (unpaired) electrons. The molecule has 1 rings (SSSR count). The van der Waals surface area contributed by atoms with Crippen molar-refractivity contribution in [2.24, 2.45) is 5.92 Å². The molecule has 2 heteroatoms. The summed E-state index contributed by atoms with van der Waals surface area (Å²) < 4.78 is 5.22. The van der Waals surface area contributed by atoms with E-state index in [1.54, 1.807) is 7.11 Å². The SMILES string of the molecule is CCC(COC)N[C@H](C)C1CCCCC1. The first-order chi connectivity index (χ1) is 7.27. The summed E-state index contributed by atoms with van der Waals surface area (Å²) in [7, 11) is 1.79. The van der Waals surface area contributed by atoms with Gasteiger partial charge in [0.1, 0.15) is 0 Å². The third kappa shape index (κ3) is 4.52. The Kier molecular flexibility index (Phi) is 6.26. The van der Waals surface area contributed by atoms with Crippen LogP contribution in [0.1, 0.15) is 52.4 Å². The zero-order valence-electron chi connectivity index (χ0n) is 10.6. The Morgan fingerprint density at radius 2 is 1.93 bits per heavy atom. The van der Waals surface area contributed by atoms with Gasteiger partial charge in [-0.15, -0.1) is 0 Å². The van der Waals surface area contributed by atoms with E-state index < -0.39 is 0 Å². The second kappa shape index (κ2) is 7.24. The minimum absolute atomic E-state index is 0.534. The molecule has 1 aliphatic rings. The van der Waals surface area contributed by atoms with Crippen molar-refractivity contribution < 1.29 is 4.74 Å². The van der Waals surface area contributed by atoms with Crippen molar-refractivity contribution in [3.8, 4) is 0 Å². The topological polar surface area (TPSA) is 21.3 Å². The number of ether oxygens (including phenoxy) is 1. The van der Waals surface area contributed by atoms with Crippen molar-refractivity contribution in [2.75, 3.05) is 13.7 Å². The van der Waals surface area contributed by atoms with Crippen molar-refractivity contribution in [1.82, 2.24) is 5.32 Å². The lowest BCUT2D eigenvalue weighted by atomic mass is 9.84. The van der Waals surface area contributed by atoms with E-state index in [1.807, 2.05) is 0 Å².